The molecule has 0 fully saturated rings. The summed E-state index contributed by atoms with van der Waals surface area (Å²) < 4.78 is 28.9. The molecule has 2 aromatic rings. The highest BCUT2D eigenvalue weighted by Crippen LogP contribution is 2.34. The second kappa shape index (κ2) is 8.42. The molecule has 0 unspecified atom stereocenters. The number of aromatic nitrogens is 2. The van der Waals surface area contributed by atoms with Crippen molar-refractivity contribution >= 4 is 17.4 Å². The Bertz CT molecular complexity index is 979. The molecular weight excluding hydrogens is 378 g/mol. The molecule has 3 rings (SSSR count). The van der Waals surface area contributed by atoms with E-state index < -0.39 is 6.43 Å². The molecule has 0 aliphatic carbocycles. The van der Waals surface area contributed by atoms with Crippen molar-refractivity contribution in [1.29, 1.82) is 0 Å². The van der Waals surface area contributed by atoms with Crippen LogP contribution in [0.4, 0.5) is 14.5 Å². The Morgan fingerprint density at radius 2 is 2.14 bits per heavy atom. The predicted octanol–water partition coefficient (Wildman–Crippen LogP) is 2.74. The van der Waals surface area contributed by atoms with Crippen molar-refractivity contribution in [2.45, 2.75) is 19.8 Å². The summed E-state index contributed by atoms with van der Waals surface area (Å²) in [4.78, 5) is 17.8. The normalized spacial score (nSPS) is 15.2. The number of carbonyl (C=O) groups is 1. The number of halogens is 2. The van der Waals surface area contributed by atoms with E-state index in [1.54, 1.807) is 48.2 Å². The first-order chi connectivity index (χ1) is 13.8. The number of hydrogen-bond acceptors (Lipinski definition) is 4. The Morgan fingerprint density at radius 1 is 1.38 bits per heavy atom. The fourth-order valence-electron chi connectivity index (χ4n) is 3.37. The quantitative estimate of drug-likeness (QED) is 0.595. The Labute approximate surface area is 167 Å². The molecule has 7 nitrogen and oxygen atoms in total. The van der Waals surface area contributed by atoms with E-state index in [1.165, 1.54) is 13.0 Å². The van der Waals surface area contributed by atoms with Gasteiger partial charge in [0.1, 0.15) is 5.84 Å². The van der Waals surface area contributed by atoms with Gasteiger partial charge in [-0.25, -0.2) is 13.8 Å². The number of carbonyl (C=O) groups excluding carboxylic acids is 1. The zero-order chi connectivity index (χ0) is 21.1. The Balaban J connectivity index is 1.97. The fourth-order valence-corrected chi connectivity index (χ4v) is 3.37. The van der Waals surface area contributed by atoms with Crippen LogP contribution in [0.25, 0.3) is 11.1 Å². The van der Waals surface area contributed by atoms with Crippen LogP contribution in [0.3, 0.4) is 0 Å². The van der Waals surface area contributed by atoms with Crippen molar-refractivity contribution in [3.63, 3.8) is 0 Å². The van der Waals surface area contributed by atoms with Crippen LogP contribution < -0.4 is 11.1 Å². The Hall–Kier alpha value is -3.23. The van der Waals surface area contributed by atoms with Crippen molar-refractivity contribution in [3.05, 3.63) is 47.4 Å². The third kappa shape index (κ3) is 4.44. The summed E-state index contributed by atoms with van der Waals surface area (Å²) in [5.41, 5.74) is 9.00. The molecule has 0 spiro atoms. The molecule has 154 valence electrons. The lowest BCUT2D eigenvalue weighted by molar-refractivity contribution is -0.128. The molecule has 2 heterocycles. The summed E-state index contributed by atoms with van der Waals surface area (Å²) in [5, 5.41) is 7.14. The maximum Gasteiger partial charge on any atom is 0.264 e. The summed E-state index contributed by atoms with van der Waals surface area (Å²) in [7, 11) is 3.51. The third-order valence-electron chi connectivity index (χ3n) is 4.94. The van der Waals surface area contributed by atoms with Gasteiger partial charge in [-0.15, -0.1) is 0 Å². The molecule has 0 saturated heterocycles. The minimum absolute atomic E-state index is 0.0498. The molecule has 0 radical (unpaired) electrons. The van der Waals surface area contributed by atoms with Crippen LogP contribution in [0.5, 0.6) is 0 Å². The van der Waals surface area contributed by atoms with Crippen LogP contribution in [0.1, 0.15) is 25.3 Å². The van der Waals surface area contributed by atoms with Gasteiger partial charge < -0.3 is 16.0 Å². The second-order valence-corrected chi connectivity index (χ2v) is 6.87. The van der Waals surface area contributed by atoms with Crippen LogP contribution in [0, 0.1) is 0 Å². The van der Waals surface area contributed by atoms with Crippen molar-refractivity contribution < 1.29 is 13.6 Å². The van der Waals surface area contributed by atoms with Gasteiger partial charge in [0, 0.05) is 62.6 Å². The van der Waals surface area contributed by atoms with Crippen LogP contribution in [0.15, 0.2) is 46.9 Å². The van der Waals surface area contributed by atoms with Gasteiger partial charge in [0.2, 0.25) is 5.91 Å². The number of nitrogens with zero attached hydrogens (tertiary/aromatic N) is 4. The number of benzene rings is 1. The van der Waals surface area contributed by atoms with Gasteiger partial charge in [-0.05, 0) is 17.7 Å². The number of nitrogens with two attached hydrogens (primary N) is 1. The number of amidine groups is 1. The van der Waals surface area contributed by atoms with E-state index in [-0.39, 0.29) is 17.3 Å². The predicted molar refractivity (Wildman–Crippen MR) is 108 cm³/mol. The molecule has 0 saturated carbocycles. The molecule has 1 aliphatic heterocycles. The molecule has 9 heteroatoms. The van der Waals surface area contributed by atoms with E-state index in [0.717, 1.165) is 5.70 Å². The zero-order valence-electron chi connectivity index (χ0n) is 16.6. The van der Waals surface area contributed by atoms with Crippen LogP contribution in [-0.4, -0.2) is 46.6 Å². The highest BCUT2D eigenvalue weighted by atomic mass is 19.3. The lowest BCUT2D eigenvalue weighted by Gasteiger charge is -2.29. The Kier molecular flexibility index (Phi) is 5.95. The number of amides is 1. The lowest BCUT2D eigenvalue weighted by atomic mass is 10.0. The SMILES string of the molecule is CNC1=C(C(N)=Nc2ccc(-c3cnn(C)c3)c(C(F)F)c2)CN(C(C)=O)CC1. The number of hydrogen-bond donors (Lipinski definition) is 2. The minimum Gasteiger partial charge on any atom is -0.391 e. The van der Waals surface area contributed by atoms with Crippen LogP contribution in [-0.2, 0) is 11.8 Å². The van der Waals surface area contributed by atoms with Crippen molar-refractivity contribution in [3.8, 4) is 11.1 Å². The summed E-state index contributed by atoms with van der Waals surface area (Å²) in [6, 6.07) is 4.58. The van der Waals surface area contributed by atoms with Crippen LogP contribution >= 0.6 is 0 Å². The summed E-state index contributed by atoms with van der Waals surface area (Å²) in [6.45, 7) is 2.43. The standard InChI is InChI=1S/C20H24F2N6O/c1-12(29)28-7-6-18(24-2)17(11-28)20(23)26-14-4-5-15(16(8-14)19(21)22)13-9-25-27(3)10-13/h4-5,8-10,19,24H,6-7,11H2,1-3H3,(H2,23,26). The summed E-state index contributed by atoms with van der Waals surface area (Å²) >= 11 is 0. The molecule has 0 atom stereocenters. The second-order valence-electron chi connectivity index (χ2n) is 6.87. The van der Waals surface area contributed by atoms with Gasteiger partial charge in [-0.3, -0.25) is 9.48 Å². The molecule has 0 bridgehead atoms. The minimum atomic E-state index is -2.67. The largest absolute Gasteiger partial charge is 0.391 e. The number of aliphatic imine (C=N–C) groups is 1. The van der Waals surface area contributed by atoms with E-state index in [1.807, 2.05) is 0 Å². The smallest absolute Gasteiger partial charge is 0.264 e. The number of nitrogens with one attached hydrogen (secondary N) is 1. The topological polar surface area (TPSA) is 88.5 Å². The molecule has 1 amide bonds. The zero-order valence-corrected chi connectivity index (χ0v) is 16.6. The van der Waals surface area contributed by atoms with E-state index in [9.17, 15) is 13.6 Å². The number of aryl methyl sites for hydroxylation is 1. The summed E-state index contributed by atoms with van der Waals surface area (Å²) in [6.07, 6.45) is 1.18. The number of rotatable bonds is 5. The maximum atomic E-state index is 13.7. The highest BCUT2D eigenvalue weighted by Gasteiger charge is 2.23. The molecular formula is C20H24F2N6O. The van der Waals surface area contributed by atoms with E-state index in [0.29, 0.717) is 41.9 Å². The van der Waals surface area contributed by atoms with Gasteiger partial charge in [0.25, 0.3) is 6.43 Å². The first-order valence-electron chi connectivity index (χ1n) is 9.21. The van der Waals surface area contributed by atoms with Crippen molar-refractivity contribution in [2.24, 2.45) is 17.8 Å². The first-order valence-corrected chi connectivity index (χ1v) is 9.21. The van der Waals surface area contributed by atoms with E-state index in [2.05, 4.69) is 15.4 Å². The lowest BCUT2D eigenvalue weighted by Crippen LogP contribution is -2.40. The van der Waals surface area contributed by atoms with Gasteiger partial charge >= 0.3 is 0 Å². The summed E-state index contributed by atoms with van der Waals surface area (Å²) in [5.74, 6) is 0.154. The average molecular weight is 402 g/mol. The van der Waals surface area contributed by atoms with Crippen molar-refractivity contribution in [2.75, 3.05) is 20.1 Å². The van der Waals surface area contributed by atoms with Gasteiger partial charge in [-0.1, -0.05) is 6.07 Å². The average Bonchev–Trinajstić information content (AvgIpc) is 3.13. The Morgan fingerprint density at radius 3 is 2.72 bits per heavy atom. The molecule has 1 aromatic carbocycles. The van der Waals surface area contributed by atoms with E-state index >= 15 is 0 Å². The van der Waals surface area contributed by atoms with Gasteiger partial charge in [-0.2, -0.15) is 5.10 Å². The number of alkyl halides is 2. The van der Waals surface area contributed by atoms with Gasteiger partial charge in [0.05, 0.1) is 18.4 Å². The molecule has 29 heavy (non-hydrogen) atoms. The van der Waals surface area contributed by atoms with Gasteiger partial charge in [0.15, 0.2) is 0 Å². The third-order valence-corrected chi connectivity index (χ3v) is 4.94. The monoisotopic (exact) mass is 402 g/mol. The van der Waals surface area contributed by atoms with Crippen LogP contribution in [0.2, 0.25) is 0 Å². The molecule has 1 aromatic heterocycles. The molecule has 3 N–H and O–H groups in total. The highest BCUT2D eigenvalue weighted by molar-refractivity contribution is 6.00. The van der Waals surface area contributed by atoms with Crippen molar-refractivity contribution in [1.82, 2.24) is 20.0 Å². The van der Waals surface area contributed by atoms with E-state index in [4.69, 9.17) is 5.73 Å². The molecule has 1 aliphatic rings. The maximum absolute atomic E-state index is 13.7. The fraction of sp³-hybridized carbons (Fsp3) is 0.350. The first kappa shape index (κ1) is 20.5.